The van der Waals surface area contributed by atoms with Crippen molar-refractivity contribution in [2.75, 3.05) is 26.2 Å². The van der Waals surface area contributed by atoms with Crippen molar-refractivity contribution in [3.05, 3.63) is 52.1 Å². The molecule has 30 heavy (non-hydrogen) atoms. The number of carbonyl (C=O) groups is 3. The summed E-state index contributed by atoms with van der Waals surface area (Å²) in [6.07, 6.45) is 1.31. The molecular formula is C21H19ClN2O6. The largest absolute Gasteiger partial charge is 0.496 e. The molecule has 0 unspecified atom stereocenters. The summed E-state index contributed by atoms with van der Waals surface area (Å²) in [7, 11) is 4.36. The van der Waals surface area contributed by atoms with E-state index in [2.05, 4.69) is 5.32 Å². The highest BCUT2D eigenvalue weighted by Crippen LogP contribution is 2.37. The van der Waals surface area contributed by atoms with Gasteiger partial charge in [-0.1, -0.05) is 17.7 Å². The summed E-state index contributed by atoms with van der Waals surface area (Å²) >= 11 is 6.13. The molecule has 0 aromatic heterocycles. The van der Waals surface area contributed by atoms with Crippen molar-refractivity contribution in [3.8, 4) is 17.2 Å². The molecule has 1 heterocycles. The van der Waals surface area contributed by atoms with E-state index < -0.39 is 17.8 Å². The number of amides is 4. The summed E-state index contributed by atoms with van der Waals surface area (Å²) < 4.78 is 15.9. The van der Waals surface area contributed by atoms with Crippen LogP contribution in [0.4, 0.5) is 10.5 Å². The molecule has 0 radical (unpaired) electrons. The minimum atomic E-state index is -0.860. The van der Waals surface area contributed by atoms with Crippen LogP contribution >= 0.6 is 11.6 Å². The number of hydrogen-bond acceptors (Lipinski definition) is 6. The Morgan fingerprint density at radius 2 is 1.63 bits per heavy atom. The Morgan fingerprint density at radius 3 is 2.20 bits per heavy atom. The van der Waals surface area contributed by atoms with Gasteiger partial charge in [0, 0.05) is 17.2 Å². The SMILES string of the molecule is COc1cc(OC)c(/C=C2\C(=O)NC(=O)N(c3cccc(Cl)c3C)C2=O)c(OC)c1. The lowest BCUT2D eigenvalue weighted by Gasteiger charge is -2.28. The molecule has 1 fully saturated rings. The maximum atomic E-state index is 13.2. The third kappa shape index (κ3) is 3.69. The third-order valence-electron chi connectivity index (χ3n) is 4.62. The fourth-order valence-corrected chi connectivity index (χ4v) is 3.20. The average Bonchev–Trinajstić information content (AvgIpc) is 2.73. The normalized spacial score (nSPS) is 15.3. The van der Waals surface area contributed by atoms with Crippen LogP contribution in [0, 0.1) is 6.92 Å². The fourth-order valence-electron chi connectivity index (χ4n) is 3.03. The maximum Gasteiger partial charge on any atom is 0.335 e. The number of nitrogens with zero attached hydrogens (tertiary/aromatic N) is 1. The van der Waals surface area contributed by atoms with E-state index in [0.717, 1.165) is 4.90 Å². The monoisotopic (exact) mass is 430 g/mol. The molecular weight excluding hydrogens is 412 g/mol. The fraction of sp³-hybridized carbons (Fsp3) is 0.190. The molecule has 9 heteroatoms. The number of methoxy groups -OCH3 is 3. The van der Waals surface area contributed by atoms with Gasteiger partial charge in [-0.3, -0.25) is 14.9 Å². The van der Waals surface area contributed by atoms with Crippen LogP contribution in [0.2, 0.25) is 5.02 Å². The molecule has 0 bridgehead atoms. The topological polar surface area (TPSA) is 94.2 Å². The number of halogens is 1. The first-order chi connectivity index (χ1) is 14.3. The van der Waals surface area contributed by atoms with Crippen LogP contribution in [0.15, 0.2) is 35.9 Å². The smallest absolute Gasteiger partial charge is 0.335 e. The van der Waals surface area contributed by atoms with Gasteiger partial charge in [0.15, 0.2) is 0 Å². The molecule has 2 aromatic rings. The van der Waals surface area contributed by atoms with Gasteiger partial charge in [0.2, 0.25) is 0 Å². The molecule has 1 aliphatic heterocycles. The van der Waals surface area contributed by atoms with Crippen molar-refractivity contribution in [1.29, 1.82) is 0 Å². The summed E-state index contributed by atoms with van der Waals surface area (Å²) in [5, 5.41) is 2.57. The van der Waals surface area contributed by atoms with E-state index >= 15 is 0 Å². The Kier molecular flexibility index (Phi) is 5.98. The van der Waals surface area contributed by atoms with Gasteiger partial charge in [0.05, 0.1) is 32.6 Å². The summed E-state index contributed by atoms with van der Waals surface area (Å²) in [6.45, 7) is 1.67. The summed E-state index contributed by atoms with van der Waals surface area (Å²) in [4.78, 5) is 39.0. The quantitative estimate of drug-likeness (QED) is 0.577. The Morgan fingerprint density at radius 1 is 1.00 bits per heavy atom. The second-order valence-electron chi connectivity index (χ2n) is 6.29. The average molecular weight is 431 g/mol. The van der Waals surface area contributed by atoms with Gasteiger partial charge in [-0.05, 0) is 30.7 Å². The number of rotatable bonds is 5. The number of ether oxygens (including phenoxy) is 3. The molecule has 156 valence electrons. The predicted molar refractivity (Wildman–Crippen MR) is 111 cm³/mol. The number of urea groups is 1. The Bertz CT molecular complexity index is 1050. The molecule has 3 rings (SSSR count). The van der Waals surface area contributed by atoms with Crippen molar-refractivity contribution in [3.63, 3.8) is 0 Å². The second kappa shape index (κ2) is 8.46. The van der Waals surface area contributed by atoms with E-state index in [-0.39, 0.29) is 11.3 Å². The first kappa shape index (κ1) is 21.2. The van der Waals surface area contributed by atoms with Crippen LogP contribution in [0.1, 0.15) is 11.1 Å². The van der Waals surface area contributed by atoms with Gasteiger partial charge in [-0.15, -0.1) is 0 Å². The van der Waals surface area contributed by atoms with Gasteiger partial charge < -0.3 is 14.2 Å². The molecule has 1 N–H and O–H groups in total. The molecule has 8 nitrogen and oxygen atoms in total. The van der Waals surface area contributed by atoms with E-state index in [1.54, 1.807) is 37.3 Å². The van der Waals surface area contributed by atoms with E-state index in [1.807, 2.05) is 0 Å². The van der Waals surface area contributed by atoms with E-state index in [1.165, 1.54) is 27.4 Å². The van der Waals surface area contributed by atoms with Crippen LogP contribution in [-0.2, 0) is 9.59 Å². The molecule has 0 saturated carbocycles. The Balaban J connectivity index is 2.15. The van der Waals surface area contributed by atoms with Gasteiger partial charge in [-0.2, -0.15) is 0 Å². The highest BCUT2D eigenvalue weighted by molar-refractivity contribution is 6.40. The number of hydrogen-bond donors (Lipinski definition) is 1. The number of anilines is 1. The van der Waals surface area contributed by atoms with Crippen LogP contribution in [0.25, 0.3) is 6.08 Å². The summed E-state index contributed by atoms with van der Waals surface area (Å²) in [6, 6.07) is 7.14. The minimum Gasteiger partial charge on any atom is -0.496 e. The standard InChI is InChI=1S/C21H19ClN2O6/c1-11-15(22)6-5-7-16(11)24-20(26)14(19(25)23-21(24)27)10-13-17(29-3)8-12(28-2)9-18(13)30-4/h5-10H,1-4H3,(H,23,25,27)/b14-10+. The van der Waals surface area contributed by atoms with Crippen molar-refractivity contribution >= 4 is 41.2 Å². The second-order valence-corrected chi connectivity index (χ2v) is 6.69. The van der Waals surface area contributed by atoms with E-state index in [9.17, 15) is 14.4 Å². The first-order valence-electron chi connectivity index (χ1n) is 8.79. The lowest BCUT2D eigenvalue weighted by Crippen LogP contribution is -2.54. The van der Waals surface area contributed by atoms with E-state index in [4.69, 9.17) is 25.8 Å². The van der Waals surface area contributed by atoms with E-state index in [0.29, 0.717) is 33.4 Å². The molecule has 0 aliphatic carbocycles. The van der Waals surface area contributed by atoms with Crippen molar-refractivity contribution in [2.24, 2.45) is 0 Å². The molecule has 2 aromatic carbocycles. The summed E-state index contributed by atoms with van der Waals surface area (Å²) in [5.41, 5.74) is 0.875. The zero-order valence-electron chi connectivity index (χ0n) is 16.7. The number of carbonyl (C=O) groups excluding carboxylic acids is 3. The van der Waals surface area contributed by atoms with Crippen LogP contribution in [0.3, 0.4) is 0 Å². The highest BCUT2D eigenvalue weighted by atomic mass is 35.5. The number of nitrogens with one attached hydrogen (secondary N) is 1. The van der Waals surface area contributed by atoms with Crippen LogP contribution in [0.5, 0.6) is 17.2 Å². The zero-order chi connectivity index (χ0) is 22.0. The minimum absolute atomic E-state index is 0.268. The summed E-state index contributed by atoms with van der Waals surface area (Å²) in [5.74, 6) is -0.519. The number of imide groups is 2. The van der Waals surface area contributed by atoms with Gasteiger partial charge in [0.25, 0.3) is 11.8 Å². The molecule has 0 atom stereocenters. The van der Waals surface area contributed by atoms with Gasteiger partial charge in [-0.25, -0.2) is 9.69 Å². The highest BCUT2D eigenvalue weighted by Gasteiger charge is 2.38. The van der Waals surface area contributed by atoms with Crippen molar-refractivity contribution in [2.45, 2.75) is 6.92 Å². The maximum absolute atomic E-state index is 13.2. The zero-order valence-corrected chi connectivity index (χ0v) is 17.5. The third-order valence-corrected chi connectivity index (χ3v) is 5.03. The molecule has 4 amide bonds. The lowest BCUT2D eigenvalue weighted by atomic mass is 10.0. The van der Waals surface area contributed by atoms with Gasteiger partial charge >= 0.3 is 6.03 Å². The molecule has 1 aliphatic rings. The van der Waals surface area contributed by atoms with Gasteiger partial charge in [0.1, 0.15) is 22.8 Å². The molecule has 1 saturated heterocycles. The predicted octanol–water partition coefficient (Wildman–Crippen LogP) is 3.34. The van der Waals surface area contributed by atoms with Crippen molar-refractivity contribution < 1.29 is 28.6 Å². The van der Waals surface area contributed by atoms with Crippen molar-refractivity contribution in [1.82, 2.24) is 5.32 Å². The lowest BCUT2D eigenvalue weighted by molar-refractivity contribution is -0.122. The number of barbiturate groups is 1. The van der Waals surface area contributed by atoms with Crippen LogP contribution in [-0.4, -0.2) is 39.2 Å². The Hall–Kier alpha value is -3.52. The van der Waals surface area contributed by atoms with Crippen LogP contribution < -0.4 is 24.4 Å². The molecule has 0 spiro atoms. The first-order valence-corrected chi connectivity index (χ1v) is 9.16. The number of benzene rings is 2. The Labute approximate surface area is 178 Å².